The van der Waals surface area contributed by atoms with Gasteiger partial charge in [-0.05, 0) is 32.7 Å². The van der Waals surface area contributed by atoms with Crippen molar-refractivity contribution in [1.29, 1.82) is 0 Å². The van der Waals surface area contributed by atoms with Crippen LogP contribution in [0.5, 0.6) is 0 Å². The number of carbonyl (C=O) groups excluding carboxylic acids is 2. The second-order valence-electron chi connectivity index (χ2n) is 15.8. The predicted octanol–water partition coefficient (Wildman–Crippen LogP) is -9.10. The lowest BCUT2D eigenvalue weighted by molar-refractivity contribution is -0.377. The van der Waals surface area contributed by atoms with Gasteiger partial charge < -0.3 is 121 Å². The van der Waals surface area contributed by atoms with Crippen LogP contribution in [-0.2, 0) is 52.3 Å². The maximum atomic E-state index is 12.8. The molecule has 21 atom stereocenters. The van der Waals surface area contributed by atoms with Gasteiger partial charge in [0.25, 0.3) is 5.79 Å². The third-order valence-corrected chi connectivity index (χ3v) is 11.2. The summed E-state index contributed by atoms with van der Waals surface area (Å²) in [4.78, 5) is 37.4. The van der Waals surface area contributed by atoms with E-state index in [2.05, 4.69) is 10.6 Å². The van der Waals surface area contributed by atoms with Gasteiger partial charge in [-0.2, -0.15) is 0 Å². The molecule has 0 aromatic carbocycles. The SMILES string of the molecule is CC(=O)N[C@H]1[C@H](OCCCCCN)O[C@H](CO)[C@@H](O[C@@H]2O[C@H](CO[C@]3(C(=O)O)C[C@H](O)[C@@H](NC(=O)CO)[C@H]([C@H](O)[C@H](O)CO)O3)[C@H](O)[C@H](O)[C@H]2O)[C@@H]1O[C@@H]1O[C@@H](C)[C@@H](O)[C@@H](O)[C@@H]1O. The summed E-state index contributed by atoms with van der Waals surface area (Å²) in [5, 5.41) is 141. The fourth-order valence-electron chi connectivity index (χ4n) is 7.62. The van der Waals surface area contributed by atoms with Gasteiger partial charge in [0.2, 0.25) is 11.8 Å². The summed E-state index contributed by atoms with van der Waals surface area (Å²) in [7, 11) is 0. The first-order chi connectivity index (χ1) is 29.7. The van der Waals surface area contributed by atoms with E-state index >= 15 is 0 Å². The van der Waals surface area contributed by atoms with E-state index in [4.69, 9.17) is 43.6 Å². The van der Waals surface area contributed by atoms with Crippen LogP contribution in [0, 0.1) is 0 Å². The van der Waals surface area contributed by atoms with Crippen molar-refractivity contribution in [3.05, 3.63) is 0 Å². The van der Waals surface area contributed by atoms with Gasteiger partial charge in [-0.25, -0.2) is 4.79 Å². The number of nitrogens with two attached hydrogens (primary N) is 1. The van der Waals surface area contributed by atoms with Gasteiger partial charge in [0.15, 0.2) is 18.9 Å². The first-order valence-corrected chi connectivity index (χ1v) is 20.4. The largest absolute Gasteiger partial charge is 0.477 e. The van der Waals surface area contributed by atoms with Gasteiger partial charge in [0, 0.05) is 20.0 Å². The molecule has 0 aliphatic carbocycles. The second kappa shape index (κ2) is 23.8. The van der Waals surface area contributed by atoms with Crippen molar-refractivity contribution < 1.29 is 119 Å². The molecule has 63 heavy (non-hydrogen) atoms. The Morgan fingerprint density at radius 3 is 1.98 bits per heavy atom. The molecular weight excluding hydrogens is 858 g/mol. The van der Waals surface area contributed by atoms with Gasteiger partial charge in [0.05, 0.1) is 38.1 Å². The molecule has 0 aromatic heterocycles. The van der Waals surface area contributed by atoms with E-state index in [1.807, 2.05) is 0 Å². The smallest absolute Gasteiger partial charge is 0.364 e. The number of aliphatic carboxylic acids is 1. The van der Waals surface area contributed by atoms with Gasteiger partial charge in [-0.3, -0.25) is 9.59 Å². The normalized spacial score (nSPS) is 42.0. The van der Waals surface area contributed by atoms with Crippen LogP contribution >= 0.6 is 0 Å². The zero-order valence-corrected chi connectivity index (χ0v) is 34.5. The number of aliphatic hydroxyl groups is 12. The van der Waals surface area contributed by atoms with Crippen LogP contribution in [0.25, 0.3) is 0 Å². The summed E-state index contributed by atoms with van der Waals surface area (Å²) in [5.74, 6) is -6.69. The molecule has 4 aliphatic heterocycles. The lowest BCUT2D eigenvalue weighted by Gasteiger charge is -2.50. The third kappa shape index (κ3) is 12.7. The molecule has 2 amide bonds. The van der Waals surface area contributed by atoms with Crippen LogP contribution < -0.4 is 16.4 Å². The summed E-state index contributed by atoms with van der Waals surface area (Å²) in [5.41, 5.74) is 5.58. The highest BCUT2D eigenvalue weighted by atomic mass is 16.8. The number of carbonyl (C=O) groups is 3. The van der Waals surface area contributed by atoms with E-state index in [1.54, 1.807) is 0 Å². The van der Waals surface area contributed by atoms with Crippen molar-refractivity contribution in [3.63, 3.8) is 0 Å². The topological polar surface area (TPSA) is 438 Å². The number of carboxylic acids is 1. The zero-order valence-electron chi connectivity index (χ0n) is 34.5. The first kappa shape index (κ1) is 53.2. The Hall–Kier alpha value is -2.43. The number of amides is 2. The summed E-state index contributed by atoms with van der Waals surface area (Å²) in [6.07, 6.45) is -32.0. The molecule has 4 aliphatic rings. The number of hydrogen-bond acceptors (Lipinski definition) is 24. The van der Waals surface area contributed by atoms with E-state index in [0.717, 1.165) is 6.92 Å². The van der Waals surface area contributed by atoms with Gasteiger partial charge in [0.1, 0.15) is 92.0 Å². The molecule has 0 radical (unpaired) electrons. The van der Waals surface area contributed by atoms with Crippen LogP contribution in [-0.4, -0.2) is 252 Å². The number of aliphatic hydroxyl groups excluding tert-OH is 12. The molecule has 0 spiro atoms. The van der Waals surface area contributed by atoms with E-state index in [9.17, 15) is 80.8 Å². The number of hydrogen-bond donors (Lipinski definition) is 16. The van der Waals surface area contributed by atoms with Crippen molar-refractivity contribution in [2.75, 3.05) is 39.6 Å². The Morgan fingerprint density at radius 2 is 1.40 bits per heavy atom. The lowest BCUT2D eigenvalue weighted by Crippen LogP contribution is -2.70. The minimum Gasteiger partial charge on any atom is -0.477 e. The van der Waals surface area contributed by atoms with Gasteiger partial charge in [-0.1, -0.05) is 0 Å². The van der Waals surface area contributed by atoms with Crippen LogP contribution in [0.4, 0.5) is 0 Å². The standard InChI is InChI=1S/C36H63N3O24/c1-13-22(47)25(50)27(52)33(58-13)62-31-21(38-14(2)43)32(56-7-5-3-4-6-37)59-17(10-41)29(31)61-34-28(53)26(51)24(49)18(60-34)12-57-36(35(54)55)8-15(44)20(39-19(46)11-42)30(63-36)23(48)16(45)9-40/h13,15-18,20-34,40-42,44-45,47-53H,3-12,37H2,1-2H3,(H,38,43)(H,39,46)(H,54,55)/t13-,15-,16+,17+,18+,20+,21+,22+,23+,24-,25+,26-,27-,28+,29+,30+,31+,32+,33-,34-,36+/m0/s1. The van der Waals surface area contributed by atoms with E-state index in [0.29, 0.717) is 25.8 Å². The summed E-state index contributed by atoms with van der Waals surface area (Å²) >= 11 is 0. The second-order valence-corrected chi connectivity index (χ2v) is 15.8. The fraction of sp³-hybridized carbons (Fsp3) is 0.917. The zero-order chi connectivity index (χ0) is 46.9. The van der Waals surface area contributed by atoms with E-state index in [1.165, 1.54) is 6.92 Å². The summed E-state index contributed by atoms with van der Waals surface area (Å²) < 4.78 is 46.8. The maximum absolute atomic E-state index is 12.8. The van der Waals surface area contributed by atoms with Gasteiger partial charge in [-0.15, -0.1) is 0 Å². The molecule has 4 rings (SSSR count). The summed E-state index contributed by atoms with van der Waals surface area (Å²) in [6.45, 7) is -1.18. The van der Waals surface area contributed by atoms with E-state index < -0.39 is 179 Å². The Labute approximate surface area is 360 Å². The maximum Gasteiger partial charge on any atom is 0.364 e. The molecule has 4 heterocycles. The molecule has 0 saturated carbocycles. The van der Waals surface area contributed by atoms with E-state index in [-0.39, 0.29) is 6.61 Å². The molecule has 17 N–H and O–H groups in total. The Bertz CT molecular complexity index is 1460. The number of nitrogens with one attached hydrogen (secondary N) is 2. The quantitative estimate of drug-likeness (QED) is 0.0475. The predicted molar refractivity (Wildman–Crippen MR) is 201 cm³/mol. The third-order valence-electron chi connectivity index (χ3n) is 11.2. The van der Waals surface area contributed by atoms with Crippen LogP contribution in [0.15, 0.2) is 0 Å². The van der Waals surface area contributed by atoms with Crippen LogP contribution in [0.1, 0.15) is 39.5 Å². The van der Waals surface area contributed by atoms with Crippen LogP contribution in [0.2, 0.25) is 0 Å². The highest BCUT2D eigenvalue weighted by molar-refractivity contribution is 5.78. The van der Waals surface area contributed by atoms with Crippen molar-refractivity contribution >= 4 is 17.8 Å². The molecule has 27 nitrogen and oxygen atoms in total. The average Bonchev–Trinajstić information content (AvgIpc) is 3.25. The fourth-order valence-corrected chi connectivity index (χ4v) is 7.62. The molecule has 0 bridgehead atoms. The highest BCUT2D eigenvalue weighted by Crippen LogP contribution is 2.37. The monoisotopic (exact) mass is 921 g/mol. The molecule has 4 fully saturated rings. The summed E-state index contributed by atoms with van der Waals surface area (Å²) in [6, 6.07) is -3.08. The number of unbranched alkanes of at least 4 members (excludes halogenated alkanes) is 2. The number of rotatable bonds is 21. The first-order valence-electron chi connectivity index (χ1n) is 20.4. The number of ether oxygens (including phenoxy) is 8. The number of carboxylic acid groups (broad SMARTS) is 1. The van der Waals surface area contributed by atoms with Gasteiger partial charge >= 0.3 is 5.97 Å². The van der Waals surface area contributed by atoms with Crippen molar-refractivity contribution in [1.82, 2.24) is 10.6 Å². The van der Waals surface area contributed by atoms with Crippen LogP contribution in [0.3, 0.4) is 0 Å². The molecule has 0 aromatic rings. The molecule has 366 valence electrons. The van der Waals surface area contributed by atoms with Crippen molar-refractivity contribution in [3.8, 4) is 0 Å². The Morgan fingerprint density at radius 1 is 0.778 bits per heavy atom. The molecular formula is C36H63N3O24. The Balaban J connectivity index is 1.65. The lowest BCUT2D eigenvalue weighted by atomic mass is 9.88. The molecule has 4 saturated heterocycles. The minimum atomic E-state index is -2.97. The molecule has 27 heteroatoms. The Kier molecular flexibility index (Phi) is 20.1. The average molecular weight is 922 g/mol. The molecule has 0 unspecified atom stereocenters. The highest BCUT2D eigenvalue weighted by Gasteiger charge is 2.58. The van der Waals surface area contributed by atoms with Crippen molar-refractivity contribution in [2.24, 2.45) is 5.73 Å². The van der Waals surface area contributed by atoms with Crippen molar-refractivity contribution in [2.45, 2.75) is 168 Å². The minimum absolute atomic E-state index is 0.0517.